The molecule has 0 amide bonds. The smallest absolute Gasteiger partial charge is 0.230 e. The Morgan fingerprint density at radius 3 is 2.76 bits per heavy atom. The van der Waals surface area contributed by atoms with Crippen molar-refractivity contribution in [2.75, 3.05) is 12.3 Å². The van der Waals surface area contributed by atoms with Crippen molar-refractivity contribution in [2.45, 2.75) is 38.2 Å². The molecule has 1 unspecified atom stereocenters. The van der Waals surface area contributed by atoms with Gasteiger partial charge in [-0.15, -0.1) is 0 Å². The summed E-state index contributed by atoms with van der Waals surface area (Å²) < 4.78 is 10.9. The van der Waals surface area contributed by atoms with Gasteiger partial charge in [0.25, 0.3) is 0 Å². The van der Waals surface area contributed by atoms with E-state index < -0.39 is 0 Å². The number of aryl methyl sites for hydroxylation is 1. The number of hydrogen-bond acceptors (Lipinski definition) is 4. The Morgan fingerprint density at radius 1 is 1.24 bits per heavy atom. The van der Waals surface area contributed by atoms with Crippen LogP contribution in [0.2, 0.25) is 5.02 Å². The molecule has 1 aliphatic rings. The van der Waals surface area contributed by atoms with E-state index in [1.807, 2.05) is 24.3 Å². The quantitative estimate of drug-likeness (QED) is 0.924. The van der Waals surface area contributed by atoms with Gasteiger partial charge in [-0.05, 0) is 49.8 Å². The van der Waals surface area contributed by atoms with Gasteiger partial charge in [-0.2, -0.15) is 0 Å². The molecule has 2 N–H and O–H groups in total. The van der Waals surface area contributed by atoms with Crippen molar-refractivity contribution in [3.8, 4) is 11.1 Å². The van der Waals surface area contributed by atoms with Crippen LogP contribution in [0.3, 0.4) is 0 Å². The van der Waals surface area contributed by atoms with Crippen LogP contribution in [0.1, 0.15) is 31.4 Å². The van der Waals surface area contributed by atoms with Gasteiger partial charge in [-0.3, -0.25) is 0 Å². The van der Waals surface area contributed by atoms with E-state index in [9.17, 15) is 0 Å². The van der Waals surface area contributed by atoms with E-state index in [1.165, 1.54) is 12.8 Å². The highest BCUT2D eigenvalue weighted by Gasteiger charge is 2.19. The fourth-order valence-electron chi connectivity index (χ4n) is 2.77. The molecule has 1 fully saturated rings. The Labute approximate surface area is 129 Å². The summed E-state index contributed by atoms with van der Waals surface area (Å²) in [6.45, 7) is 0.871. The lowest BCUT2D eigenvalue weighted by Gasteiger charge is -2.22. The second-order valence-corrected chi connectivity index (χ2v) is 5.84. The second-order valence-electron chi connectivity index (χ2n) is 5.40. The van der Waals surface area contributed by atoms with Gasteiger partial charge in [0.1, 0.15) is 0 Å². The number of nitrogens with two attached hydrogens (primary N) is 1. The largest absolute Gasteiger partial charge is 0.378 e. The third kappa shape index (κ3) is 3.39. The predicted octanol–water partition coefficient (Wildman–Crippen LogP) is 4.08. The Balaban J connectivity index is 1.75. The molecule has 5 heteroatoms. The first-order chi connectivity index (χ1) is 10.2. The van der Waals surface area contributed by atoms with Crippen LogP contribution in [-0.4, -0.2) is 17.9 Å². The Morgan fingerprint density at radius 2 is 2.05 bits per heavy atom. The monoisotopic (exact) mass is 306 g/mol. The minimum absolute atomic E-state index is 0.328. The molecule has 112 valence electrons. The number of nitrogens with zero attached hydrogens (tertiary/aromatic N) is 1. The molecule has 1 aromatic carbocycles. The molecule has 1 aromatic heterocycles. The van der Waals surface area contributed by atoms with Gasteiger partial charge in [0, 0.05) is 11.6 Å². The number of aromatic nitrogens is 1. The summed E-state index contributed by atoms with van der Waals surface area (Å²) in [7, 11) is 0. The molecule has 21 heavy (non-hydrogen) atoms. The highest BCUT2D eigenvalue weighted by molar-refractivity contribution is 6.30. The van der Waals surface area contributed by atoms with Crippen molar-refractivity contribution < 1.29 is 9.26 Å². The third-order valence-corrected chi connectivity index (χ3v) is 4.15. The van der Waals surface area contributed by atoms with Gasteiger partial charge < -0.3 is 15.0 Å². The summed E-state index contributed by atoms with van der Waals surface area (Å²) in [5.41, 5.74) is 8.68. The van der Waals surface area contributed by atoms with Crippen LogP contribution < -0.4 is 5.73 Å². The Bertz CT molecular complexity index is 589. The molecule has 4 nitrogen and oxygen atoms in total. The molecule has 2 aromatic rings. The van der Waals surface area contributed by atoms with Crippen molar-refractivity contribution in [3.63, 3.8) is 0 Å². The summed E-state index contributed by atoms with van der Waals surface area (Å²) in [6.07, 6.45) is 5.63. The second kappa shape index (κ2) is 6.50. The number of hydrogen-bond donors (Lipinski definition) is 1. The van der Waals surface area contributed by atoms with E-state index in [1.54, 1.807) is 0 Å². The average Bonchev–Trinajstić information content (AvgIpc) is 2.88. The number of halogens is 1. The first-order valence-electron chi connectivity index (χ1n) is 7.35. The Hall–Kier alpha value is -1.52. The molecule has 1 saturated heterocycles. The van der Waals surface area contributed by atoms with Gasteiger partial charge >= 0.3 is 0 Å². The topological polar surface area (TPSA) is 61.3 Å². The first kappa shape index (κ1) is 14.4. The van der Waals surface area contributed by atoms with Gasteiger partial charge in [-0.25, -0.2) is 0 Å². The Kier molecular flexibility index (Phi) is 4.46. The molecule has 0 saturated carbocycles. The summed E-state index contributed by atoms with van der Waals surface area (Å²) in [6, 6.07) is 7.56. The van der Waals surface area contributed by atoms with E-state index in [4.69, 9.17) is 26.6 Å². The van der Waals surface area contributed by atoms with Crippen LogP contribution in [0, 0.1) is 0 Å². The zero-order valence-corrected chi connectivity index (χ0v) is 12.6. The molecule has 0 radical (unpaired) electrons. The fourth-order valence-corrected chi connectivity index (χ4v) is 2.89. The van der Waals surface area contributed by atoms with Gasteiger partial charge in [-0.1, -0.05) is 28.9 Å². The molecular formula is C16H19ClN2O2. The molecule has 2 heterocycles. The number of nitrogen functional groups attached to an aromatic ring is 1. The molecule has 1 atom stereocenters. The normalized spacial score (nSPS) is 18.8. The fraction of sp³-hybridized carbons (Fsp3) is 0.438. The van der Waals surface area contributed by atoms with E-state index in [0.717, 1.165) is 42.7 Å². The maximum Gasteiger partial charge on any atom is 0.230 e. The molecule has 3 rings (SSSR count). The van der Waals surface area contributed by atoms with Crippen molar-refractivity contribution in [1.29, 1.82) is 0 Å². The van der Waals surface area contributed by atoms with Crippen molar-refractivity contribution in [3.05, 3.63) is 35.0 Å². The van der Waals surface area contributed by atoms with E-state index in [0.29, 0.717) is 17.0 Å². The minimum atomic E-state index is 0.328. The minimum Gasteiger partial charge on any atom is -0.378 e. The van der Waals surface area contributed by atoms with Gasteiger partial charge in [0.15, 0.2) is 0 Å². The molecule has 1 aliphatic heterocycles. The van der Waals surface area contributed by atoms with Crippen LogP contribution in [0.4, 0.5) is 5.88 Å². The number of rotatable bonds is 4. The van der Waals surface area contributed by atoms with Crippen LogP contribution in [0.5, 0.6) is 0 Å². The summed E-state index contributed by atoms with van der Waals surface area (Å²) in [5.74, 6) is 0.358. The standard InChI is InChI=1S/C16H19ClN2O2/c17-12-6-4-11(5-7-12)15-14(19-21-16(15)18)9-8-13-3-1-2-10-20-13/h4-7,13H,1-3,8-10,18H2. The van der Waals surface area contributed by atoms with Crippen LogP contribution in [0.15, 0.2) is 28.8 Å². The average molecular weight is 307 g/mol. The maximum absolute atomic E-state index is 5.93. The predicted molar refractivity (Wildman–Crippen MR) is 83.3 cm³/mol. The zero-order valence-electron chi connectivity index (χ0n) is 11.8. The zero-order chi connectivity index (χ0) is 14.7. The van der Waals surface area contributed by atoms with Crippen molar-refractivity contribution in [2.24, 2.45) is 0 Å². The molecule has 0 aliphatic carbocycles. The lowest BCUT2D eigenvalue weighted by Crippen LogP contribution is -2.19. The molecular weight excluding hydrogens is 288 g/mol. The van der Waals surface area contributed by atoms with Crippen LogP contribution in [-0.2, 0) is 11.2 Å². The lowest BCUT2D eigenvalue weighted by molar-refractivity contribution is 0.0113. The maximum atomic E-state index is 5.93. The van der Waals surface area contributed by atoms with E-state index in [-0.39, 0.29) is 0 Å². The lowest BCUT2D eigenvalue weighted by atomic mass is 9.99. The highest BCUT2D eigenvalue weighted by Crippen LogP contribution is 2.32. The first-order valence-corrected chi connectivity index (χ1v) is 7.73. The highest BCUT2D eigenvalue weighted by atomic mass is 35.5. The van der Waals surface area contributed by atoms with Gasteiger partial charge in [0.05, 0.1) is 17.4 Å². The molecule has 0 bridgehead atoms. The summed E-state index contributed by atoms with van der Waals surface area (Å²) in [4.78, 5) is 0. The van der Waals surface area contributed by atoms with E-state index >= 15 is 0 Å². The van der Waals surface area contributed by atoms with Crippen LogP contribution >= 0.6 is 11.6 Å². The summed E-state index contributed by atoms with van der Waals surface area (Å²) >= 11 is 5.93. The number of anilines is 1. The summed E-state index contributed by atoms with van der Waals surface area (Å²) in [5, 5.41) is 4.81. The third-order valence-electron chi connectivity index (χ3n) is 3.90. The number of benzene rings is 1. The van der Waals surface area contributed by atoms with E-state index in [2.05, 4.69) is 5.16 Å². The van der Waals surface area contributed by atoms with Crippen molar-refractivity contribution in [1.82, 2.24) is 5.16 Å². The van der Waals surface area contributed by atoms with Crippen LogP contribution in [0.25, 0.3) is 11.1 Å². The van der Waals surface area contributed by atoms with Gasteiger partial charge in [0.2, 0.25) is 5.88 Å². The molecule has 0 spiro atoms. The SMILES string of the molecule is Nc1onc(CCC2CCCCO2)c1-c1ccc(Cl)cc1. The number of ether oxygens (including phenoxy) is 1. The van der Waals surface area contributed by atoms with Crippen molar-refractivity contribution >= 4 is 17.5 Å².